The van der Waals surface area contributed by atoms with E-state index < -0.39 is 0 Å². The minimum atomic E-state index is -0.225. The van der Waals surface area contributed by atoms with E-state index >= 15 is 0 Å². The van der Waals surface area contributed by atoms with E-state index in [2.05, 4.69) is 26.0 Å². The summed E-state index contributed by atoms with van der Waals surface area (Å²) in [7, 11) is 1.87. The van der Waals surface area contributed by atoms with Crippen molar-refractivity contribution in [1.82, 2.24) is 4.90 Å². The average molecular weight is 261 g/mol. The Bertz CT molecular complexity index is 422. The van der Waals surface area contributed by atoms with Crippen LogP contribution in [0.2, 0.25) is 0 Å². The topological polar surface area (TPSA) is 29.5 Å². The Labute approximate surface area is 115 Å². The van der Waals surface area contributed by atoms with Gasteiger partial charge in [0.15, 0.2) is 0 Å². The molecule has 2 rings (SSSR count). The van der Waals surface area contributed by atoms with E-state index in [-0.39, 0.29) is 17.4 Å². The highest BCUT2D eigenvalue weighted by Crippen LogP contribution is 2.24. The van der Waals surface area contributed by atoms with E-state index in [4.69, 9.17) is 4.74 Å². The van der Waals surface area contributed by atoms with Gasteiger partial charge in [-0.05, 0) is 18.4 Å². The molecule has 1 atom stereocenters. The Balaban J connectivity index is 2.01. The number of carbonyl (C=O) groups is 1. The second-order valence-electron chi connectivity index (χ2n) is 5.95. The van der Waals surface area contributed by atoms with Crippen molar-refractivity contribution in [2.24, 2.45) is 0 Å². The zero-order chi connectivity index (χ0) is 13.9. The Morgan fingerprint density at radius 1 is 1.37 bits per heavy atom. The Morgan fingerprint density at radius 3 is 2.63 bits per heavy atom. The smallest absolute Gasteiger partial charge is 0.251 e. The van der Waals surface area contributed by atoms with Crippen LogP contribution in [0.5, 0.6) is 0 Å². The van der Waals surface area contributed by atoms with Gasteiger partial charge in [-0.15, -0.1) is 0 Å². The summed E-state index contributed by atoms with van der Waals surface area (Å²) in [5, 5.41) is 0. The van der Waals surface area contributed by atoms with E-state index in [9.17, 15) is 4.79 Å². The van der Waals surface area contributed by atoms with Crippen LogP contribution in [0.15, 0.2) is 30.3 Å². The molecule has 1 aliphatic heterocycles. The molecule has 0 saturated carbocycles. The van der Waals surface area contributed by atoms with Gasteiger partial charge in [0.05, 0.1) is 0 Å². The zero-order valence-corrected chi connectivity index (χ0v) is 12.1. The number of amides is 1. The van der Waals surface area contributed by atoms with E-state index in [1.54, 1.807) is 0 Å². The first-order chi connectivity index (χ1) is 9.00. The van der Waals surface area contributed by atoms with Crippen molar-refractivity contribution in [2.75, 3.05) is 20.2 Å². The lowest BCUT2D eigenvalue weighted by molar-refractivity contribution is -0.140. The third-order valence-corrected chi connectivity index (χ3v) is 3.77. The highest BCUT2D eigenvalue weighted by Gasteiger charge is 2.30. The summed E-state index contributed by atoms with van der Waals surface area (Å²) in [6, 6.07) is 10.3. The van der Waals surface area contributed by atoms with Crippen molar-refractivity contribution in [1.29, 1.82) is 0 Å². The van der Waals surface area contributed by atoms with Gasteiger partial charge in [-0.2, -0.15) is 0 Å². The number of rotatable bonds is 4. The lowest BCUT2D eigenvalue weighted by Gasteiger charge is -2.32. The van der Waals surface area contributed by atoms with E-state index in [1.807, 2.05) is 30.1 Å². The molecule has 3 nitrogen and oxygen atoms in total. The molecule has 1 fully saturated rings. The van der Waals surface area contributed by atoms with Crippen molar-refractivity contribution in [2.45, 2.75) is 38.2 Å². The summed E-state index contributed by atoms with van der Waals surface area (Å²) < 4.78 is 5.46. The van der Waals surface area contributed by atoms with Crippen LogP contribution >= 0.6 is 0 Å². The number of nitrogens with zero attached hydrogens (tertiary/aromatic N) is 1. The van der Waals surface area contributed by atoms with Crippen molar-refractivity contribution in [3.05, 3.63) is 35.9 Å². The maximum atomic E-state index is 12.3. The molecule has 1 amide bonds. The summed E-state index contributed by atoms with van der Waals surface area (Å²) in [6.07, 6.45) is 1.62. The third-order valence-electron chi connectivity index (χ3n) is 3.77. The van der Waals surface area contributed by atoms with Gasteiger partial charge in [0.25, 0.3) is 5.91 Å². The first-order valence-corrected chi connectivity index (χ1v) is 6.93. The van der Waals surface area contributed by atoms with Crippen molar-refractivity contribution >= 4 is 5.91 Å². The van der Waals surface area contributed by atoms with Gasteiger partial charge in [0.1, 0.15) is 6.10 Å². The summed E-state index contributed by atoms with van der Waals surface area (Å²) in [6.45, 7) is 5.76. The fourth-order valence-corrected chi connectivity index (χ4v) is 2.67. The average Bonchev–Trinajstić information content (AvgIpc) is 2.92. The van der Waals surface area contributed by atoms with Crippen LogP contribution in [0.4, 0.5) is 0 Å². The molecule has 0 aliphatic carbocycles. The van der Waals surface area contributed by atoms with Gasteiger partial charge in [-0.3, -0.25) is 4.79 Å². The fourth-order valence-electron chi connectivity index (χ4n) is 2.67. The summed E-state index contributed by atoms with van der Waals surface area (Å²) in [4.78, 5) is 14.1. The van der Waals surface area contributed by atoms with Gasteiger partial charge in [-0.25, -0.2) is 0 Å². The highest BCUT2D eigenvalue weighted by molar-refractivity contribution is 5.81. The van der Waals surface area contributed by atoms with Crippen LogP contribution in [0.3, 0.4) is 0 Å². The molecule has 0 spiro atoms. The molecule has 104 valence electrons. The van der Waals surface area contributed by atoms with Gasteiger partial charge in [0, 0.05) is 25.6 Å². The molecule has 1 aromatic rings. The molecule has 1 aliphatic rings. The molecule has 0 radical (unpaired) electrons. The molecule has 3 heteroatoms. The number of benzene rings is 1. The normalized spacial score (nSPS) is 19.4. The van der Waals surface area contributed by atoms with Gasteiger partial charge in [0.2, 0.25) is 0 Å². The monoisotopic (exact) mass is 261 g/mol. The van der Waals surface area contributed by atoms with Gasteiger partial charge < -0.3 is 9.64 Å². The number of likely N-dealkylation sites (N-methyl/N-ethyl adjacent to an activating group) is 1. The maximum Gasteiger partial charge on any atom is 0.251 e. The number of hydrogen-bond acceptors (Lipinski definition) is 2. The van der Waals surface area contributed by atoms with Crippen LogP contribution in [-0.4, -0.2) is 37.1 Å². The summed E-state index contributed by atoms with van der Waals surface area (Å²) in [5.41, 5.74) is 1.20. The largest absolute Gasteiger partial charge is 0.368 e. The number of carbonyl (C=O) groups excluding carboxylic acids is 1. The Hall–Kier alpha value is -1.35. The van der Waals surface area contributed by atoms with Crippen molar-refractivity contribution in [3.8, 4) is 0 Å². The lowest BCUT2D eigenvalue weighted by Crippen LogP contribution is -2.42. The van der Waals surface area contributed by atoms with Gasteiger partial charge in [-0.1, -0.05) is 44.2 Å². The SMILES string of the molecule is CN(CC(C)(C)c1ccccc1)C(=O)C1CCCO1. The van der Waals surface area contributed by atoms with Crippen molar-refractivity contribution < 1.29 is 9.53 Å². The number of hydrogen-bond donors (Lipinski definition) is 0. The standard InChI is InChI=1S/C16H23NO2/c1-16(2,13-8-5-4-6-9-13)12-17(3)15(18)14-10-7-11-19-14/h4-6,8-9,14H,7,10-12H2,1-3H3. The van der Waals surface area contributed by atoms with Crippen molar-refractivity contribution in [3.63, 3.8) is 0 Å². The van der Waals surface area contributed by atoms with E-state index in [1.165, 1.54) is 5.56 Å². The molecule has 0 bridgehead atoms. The number of ether oxygens (including phenoxy) is 1. The minimum absolute atomic E-state index is 0.0513. The van der Waals surface area contributed by atoms with Crippen LogP contribution in [-0.2, 0) is 14.9 Å². The molecule has 1 saturated heterocycles. The second kappa shape index (κ2) is 5.74. The first kappa shape index (κ1) is 14.1. The minimum Gasteiger partial charge on any atom is -0.368 e. The molecule has 1 heterocycles. The van der Waals surface area contributed by atoms with Crippen LogP contribution < -0.4 is 0 Å². The highest BCUT2D eigenvalue weighted by atomic mass is 16.5. The fraction of sp³-hybridized carbons (Fsp3) is 0.562. The molecular formula is C16H23NO2. The summed E-state index contributed by atoms with van der Waals surface area (Å²) >= 11 is 0. The molecule has 0 aromatic heterocycles. The van der Waals surface area contributed by atoms with Crippen LogP contribution in [0.25, 0.3) is 0 Å². The van der Waals surface area contributed by atoms with E-state index in [0.717, 1.165) is 12.8 Å². The summed E-state index contributed by atoms with van der Waals surface area (Å²) in [5.74, 6) is 0.113. The van der Waals surface area contributed by atoms with Crippen LogP contribution in [0.1, 0.15) is 32.3 Å². The quantitative estimate of drug-likeness (QED) is 0.834. The predicted molar refractivity (Wildman–Crippen MR) is 76.1 cm³/mol. The third kappa shape index (κ3) is 3.35. The zero-order valence-electron chi connectivity index (χ0n) is 12.1. The maximum absolute atomic E-state index is 12.3. The Kier molecular flexibility index (Phi) is 4.25. The first-order valence-electron chi connectivity index (χ1n) is 6.93. The van der Waals surface area contributed by atoms with Gasteiger partial charge >= 0.3 is 0 Å². The molecule has 0 N–H and O–H groups in total. The molecule has 1 unspecified atom stereocenters. The Morgan fingerprint density at radius 2 is 2.05 bits per heavy atom. The lowest BCUT2D eigenvalue weighted by atomic mass is 9.84. The second-order valence-corrected chi connectivity index (χ2v) is 5.95. The van der Waals surface area contributed by atoms with E-state index in [0.29, 0.717) is 13.2 Å². The molecular weight excluding hydrogens is 238 g/mol. The molecule has 1 aromatic carbocycles. The predicted octanol–water partition coefficient (Wildman–Crippen LogP) is 2.60. The van der Waals surface area contributed by atoms with Crippen LogP contribution in [0, 0.1) is 0 Å². The molecule has 19 heavy (non-hydrogen) atoms.